The number of hydrogen-bond acceptors (Lipinski definition) is 2. The standard InChI is InChI=1S/2C12H11O2P.2O.Ti/c2*13-15(14,11-7-3-1-4-8-11)12-9-5-2-6-10-12;;;/h2*1-10H,(H,13,14);;;/q;;2*-2;+4. The van der Waals surface area contributed by atoms with E-state index in [9.17, 15) is 18.9 Å². The molecule has 4 rings (SSSR count). The van der Waals surface area contributed by atoms with Crippen molar-refractivity contribution in [1.82, 2.24) is 0 Å². The van der Waals surface area contributed by atoms with Gasteiger partial charge in [0.15, 0.2) is 0 Å². The van der Waals surface area contributed by atoms with E-state index in [1.165, 1.54) is 0 Å². The Kier molecular flexibility index (Phi) is 13.3. The van der Waals surface area contributed by atoms with Crippen molar-refractivity contribution < 1.29 is 51.6 Å². The first-order chi connectivity index (χ1) is 14.4. The Hall–Kier alpha value is -2.11. The van der Waals surface area contributed by atoms with Crippen LogP contribution in [-0.4, -0.2) is 9.79 Å². The van der Waals surface area contributed by atoms with Gasteiger partial charge in [-0.05, 0) is 48.5 Å². The van der Waals surface area contributed by atoms with Gasteiger partial charge in [-0.2, -0.15) is 0 Å². The summed E-state index contributed by atoms with van der Waals surface area (Å²) in [6.07, 6.45) is 0. The SMILES string of the molecule is O=P(O)(c1ccccc1)c1ccccc1.O=P(O)(c1ccccc1)c1ccccc1.[O-2].[O-2].[Ti+4]. The molecular formula is C24H22O6P2Ti. The molecule has 6 nitrogen and oxygen atoms in total. The van der Waals surface area contributed by atoms with Gasteiger partial charge in [-0.25, -0.2) is 0 Å². The molecule has 0 spiro atoms. The predicted molar refractivity (Wildman–Crippen MR) is 125 cm³/mol. The number of hydrogen-bond donors (Lipinski definition) is 2. The Bertz CT molecular complexity index is 979. The second kappa shape index (κ2) is 14.2. The van der Waals surface area contributed by atoms with Crippen LogP contribution in [0.4, 0.5) is 0 Å². The van der Waals surface area contributed by atoms with E-state index in [1.54, 1.807) is 97.1 Å². The number of benzene rings is 4. The van der Waals surface area contributed by atoms with Gasteiger partial charge in [0.1, 0.15) is 0 Å². The molecule has 168 valence electrons. The molecule has 0 saturated heterocycles. The second-order valence-electron chi connectivity index (χ2n) is 6.49. The Morgan fingerprint density at radius 2 is 0.545 bits per heavy atom. The van der Waals surface area contributed by atoms with Gasteiger partial charge in [-0.1, -0.05) is 72.8 Å². The van der Waals surface area contributed by atoms with Crippen molar-refractivity contribution >= 4 is 36.0 Å². The van der Waals surface area contributed by atoms with Crippen LogP contribution in [0.15, 0.2) is 121 Å². The largest absolute Gasteiger partial charge is 4.00 e. The van der Waals surface area contributed by atoms with Gasteiger partial charge in [-0.3, -0.25) is 9.13 Å². The monoisotopic (exact) mass is 516 g/mol. The molecule has 0 radical (unpaired) electrons. The first kappa shape index (κ1) is 30.9. The molecule has 0 unspecified atom stereocenters. The molecule has 9 heteroatoms. The van der Waals surface area contributed by atoms with Crippen LogP contribution >= 0.6 is 14.7 Å². The van der Waals surface area contributed by atoms with Crippen LogP contribution in [0.25, 0.3) is 0 Å². The van der Waals surface area contributed by atoms with E-state index >= 15 is 0 Å². The molecule has 0 aromatic heterocycles. The molecule has 0 bridgehead atoms. The third-order valence-electron chi connectivity index (χ3n) is 4.42. The summed E-state index contributed by atoms with van der Waals surface area (Å²) in [5.74, 6) is 0. The van der Waals surface area contributed by atoms with Crippen LogP contribution in [0.3, 0.4) is 0 Å². The summed E-state index contributed by atoms with van der Waals surface area (Å²) in [6, 6.07) is 34.8. The Morgan fingerprint density at radius 1 is 0.394 bits per heavy atom. The van der Waals surface area contributed by atoms with Gasteiger partial charge in [0.25, 0.3) is 14.7 Å². The van der Waals surface area contributed by atoms with E-state index in [2.05, 4.69) is 0 Å². The summed E-state index contributed by atoms with van der Waals surface area (Å²) in [7, 11) is -6.79. The maximum atomic E-state index is 12.2. The van der Waals surface area contributed by atoms with Crippen molar-refractivity contribution in [2.75, 3.05) is 0 Å². The summed E-state index contributed by atoms with van der Waals surface area (Å²) in [5, 5.41) is 1.87. The van der Waals surface area contributed by atoms with E-state index in [0.29, 0.717) is 21.2 Å². The fraction of sp³-hybridized carbons (Fsp3) is 0. The van der Waals surface area contributed by atoms with E-state index in [4.69, 9.17) is 0 Å². The van der Waals surface area contributed by atoms with E-state index < -0.39 is 14.7 Å². The fourth-order valence-electron chi connectivity index (χ4n) is 2.82. The fourth-order valence-corrected chi connectivity index (χ4v) is 5.72. The van der Waals surface area contributed by atoms with Crippen molar-refractivity contribution in [1.29, 1.82) is 0 Å². The molecule has 0 atom stereocenters. The molecule has 0 heterocycles. The van der Waals surface area contributed by atoms with Crippen LogP contribution in [0, 0.1) is 0 Å². The average Bonchev–Trinajstić information content (AvgIpc) is 2.82. The molecule has 0 saturated carbocycles. The van der Waals surface area contributed by atoms with Crippen LogP contribution in [0.1, 0.15) is 0 Å². The summed E-state index contributed by atoms with van der Waals surface area (Å²) in [5.41, 5.74) is 0. The molecule has 4 aromatic carbocycles. The van der Waals surface area contributed by atoms with Crippen molar-refractivity contribution in [2.24, 2.45) is 0 Å². The Balaban J connectivity index is 0.000000569. The smallest absolute Gasteiger partial charge is 2.00 e. The van der Waals surface area contributed by atoms with Gasteiger partial charge in [0, 0.05) is 21.2 Å². The maximum absolute atomic E-state index is 12.2. The summed E-state index contributed by atoms with van der Waals surface area (Å²) in [4.78, 5) is 20.0. The van der Waals surface area contributed by atoms with Gasteiger partial charge >= 0.3 is 21.7 Å². The van der Waals surface area contributed by atoms with Gasteiger partial charge in [0.2, 0.25) is 0 Å². The molecule has 0 aliphatic carbocycles. The minimum Gasteiger partial charge on any atom is -2.00 e. The van der Waals surface area contributed by atoms with Crippen LogP contribution in [0.5, 0.6) is 0 Å². The molecule has 4 aromatic rings. The molecule has 0 amide bonds. The minimum absolute atomic E-state index is 0. The van der Waals surface area contributed by atoms with Crippen molar-refractivity contribution in [2.45, 2.75) is 0 Å². The third-order valence-corrected chi connectivity index (χ3v) is 8.42. The molecule has 0 fully saturated rings. The summed E-state index contributed by atoms with van der Waals surface area (Å²) >= 11 is 0. The zero-order valence-electron chi connectivity index (χ0n) is 17.5. The second-order valence-corrected chi connectivity index (χ2v) is 10.9. The first-order valence-electron chi connectivity index (χ1n) is 9.30. The van der Waals surface area contributed by atoms with Crippen LogP contribution in [0.2, 0.25) is 0 Å². The average molecular weight is 516 g/mol. The Morgan fingerprint density at radius 3 is 0.697 bits per heavy atom. The predicted octanol–water partition coefficient (Wildman–Crippen LogP) is 3.58. The topological polar surface area (TPSA) is 132 Å². The van der Waals surface area contributed by atoms with Gasteiger partial charge in [-0.15, -0.1) is 0 Å². The van der Waals surface area contributed by atoms with Crippen molar-refractivity contribution in [3.8, 4) is 0 Å². The van der Waals surface area contributed by atoms with E-state index in [0.717, 1.165) is 0 Å². The zero-order chi connectivity index (χ0) is 21.5. The van der Waals surface area contributed by atoms with Crippen LogP contribution in [-0.2, 0) is 41.8 Å². The van der Waals surface area contributed by atoms with E-state index in [-0.39, 0.29) is 32.7 Å². The normalized spacial score (nSPS) is 10.2. The molecule has 0 aliphatic rings. The third kappa shape index (κ3) is 8.01. The summed E-state index contributed by atoms with van der Waals surface area (Å²) in [6.45, 7) is 0. The quantitative estimate of drug-likeness (QED) is 0.317. The minimum atomic E-state index is -3.40. The number of rotatable bonds is 4. The van der Waals surface area contributed by atoms with E-state index in [1.807, 2.05) is 24.3 Å². The van der Waals surface area contributed by atoms with Gasteiger partial charge < -0.3 is 20.7 Å². The molecule has 33 heavy (non-hydrogen) atoms. The molecule has 2 N–H and O–H groups in total. The van der Waals surface area contributed by atoms with Crippen molar-refractivity contribution in [3.05, 3.63) is 121 Å². The molecule has 0 aliphatic heterocycles. The van der Waals surface area contributed by atoms with Crippen molar-refractivity contribution in [3.63, 3.8) is 0 Å². The summed E-state index contributed by atoms with van der Waals surface area (Å²) < 4.78 is 24.3. The van der Waals surface area contributed by atoms with Crippen LogP contribution < -0.4 is 21.2 Å². The zero-order valence-corrected chi connectivity index (χ0v) is 20.8. The maximum Gasteiger partial charge on any atom is 4.00 e. The first-order valence-corrected chi connectivity index (χ1v) is 12.6. The molecular weight excluding hydrogens is 494 g/mol. The van der Waals surface area contributed by atoms with Gasteiger partial charge in [0.05, 0.1) is 0 Å². The Labute approximate surface area is 208 Å².